The van der Waals surface area contributed by atoms with Crippen LogP contribution in [0.15, 0.2) is 65.8 Å². The first-order valence-corrected chi connectivity index (χ1v) is 15.6. The van der Waals surface area contributed by atoms with Gasteiger partial charge in [-0.15, -0.1) is 0 Å². The Bertz CT molecular complexity index is 1680. The number of aryl methyl sites for hydroxylation is 1. The summed E-state index contributed by atoms with van der Waals surface area (Å²) in [5.41, 5.74) is 0.535. The second-order valence-electron chi connectivity index (χ2n) is 13.1. The Labute approximate surface area is 247 Å². The lowest BCUT2D eigenvalue weighted by Gasteiger charge is -2.37. The van der Waals surface area contributed by atoms with Crippen molar-refractivity contribution in [2.45, 2.75) is 64.6 Å². The number of carbonyl (C=O) groups excluding carboxylic acids is 2. The predicted octanol–water partition coefficient (Wildman–Crippen LogP) is 4.10. The number of hydrogen-bond donors (Lipinski definition) is 2. The molecule has 42 heavy (non-hydrogen) atoms. The molecule has 0 radical (unpaired) electrons. The molecule has 2 fully saturated rings. The number of benzene rings is 2. The lowest BCUT2D eigenvalue weighted by molar-refractivity contribution is -0.143. The molecule has 3 aromatic rings. The SMILES string of the molecule is Cc1ccc(S(=O)(=O)N[C@H](C(=O)N2C[C@H]3[C@@H]([C@H]2C(=O)NC(C#N)c2cncc4ccccc24)C3(C)C)C(C)(C)C)cc1. The zero-order valence-corrected chi connectivity index (χ0v) is 25.6. The fourth-order valence-electron chi connectivity index (χ4n) is 6.29. The molecule has 1 saturated carbocycles. The average molecular weight is 588 g/mol. The average Bonchev–Trinajstić information content (AvgIpc) is 3.26. The molecule has 220 valence electrons. The summed E-state index contributed by atoms with van der Waals surface area (Å²) >= 11 is 0. The van der Waals surface area contributed by atoms with Crippen LogP contribution in [0.5, 0.6) is 0 Å². The summed E-state index contributed by atoms with van der Waals surface area (Å²) in [5, 5.41) is 14.6. The van der Waals surface area contributed by atoms with Gasteiger partial charge in [-0.3, -0.25) is 14.6 Å². The van der Waals surface area contributed by atoms with Crippen LogP contribution in [0.25, 0.3) is 10.8 Å². The Hall–Kier alpha value is -3.81. The number of nitriles is 1. The van der Waals surface area contributed by atoms with E-state index in [4.69, 9.17) is 0 Å². The van der Waals surface area contributed by atoms with Crippen molar-refractivity contribution >= 4 is 32.6 Å². The number of likely N-dealkylation sites (tertiary alicyclic amines) is 1. The summed E-state index contributed by atoms with van der Waals surface area (Å²) in [5.74, 6) is -0.913. The highest BCUT2D eigenvalue weighted by molar-refractivity contribution is 7.89. The van der Waals surface area contributed by atoms with Gasteiger partial charge in [0.25, 0.3) is 0 Å². The maximum Gasteiger partial charge on any atom is 0.244 e. The fourth-order valence-corrected chi connectivity index (χ4v) is 7.69. The molecular formula is C32H37N5O4S. The van der Waals surface area contributed by atoms with Crippen LogP contribution in [-0.2, 0) is 19.6 Å². The third-order valence-corrected chi connectivity index (χ3v) is 10.3. The van der Waals surface area contributed by atoms with E-state index in [0.717, 1.165) is 16.3 Å². The van der Waals surface area contributed by atoms with Crippen LogP contribution in [0.4, 0.5) is 0 Å². The zero-order chi connectivity index (χ0) is 30.6. The summed E-state index contributed by atoms with van der Waals surface area (Å²) in [6.07, 6.45) is 3.28. The number of fused-ring (bicyclic) bond motifs is 2. The molecule has 1 saturated heterocycles. The van der Waals surface area contributed by atoms with E-state index in [1.165, 1.54) is 17.0 Å². The van der Waals surface area contributed by atoms with E-state index in [2.05, 4.69) is 34.9 Å². The highest BCUT2D eigenvalue weighted by atomic mass is 32.2. The molecule has 2 N–H and O–H groups in total. The third-order valence-electron chi connectivity index (χ3n) is 8.90. The Balaban J connectivity index is 1.44. The summed E-state index contributed by atoms with van der Waals surface area (Å²) in [6, 6.07) is 13.2. The van der Waals surface area contributed by atoms with Gasteiger partial charge in [-0.1, -0.05) is 76.6 Å². The first kappa shape index (κ1) is 29.7. The number of pyridine rings is 1. The fraction of sp³-hybridized carbons (Fsp3) is 0.438. The van der Waals surface area contributed by atoms with Gasteiger partial charge in [0.1, 0.15) is 18.1 Å². The minimum absolute atomic E-state index is 0.0652. The minimum atomic E-state index is -4.02. The lowest BCUT2D eigenvalue weighted by Crippen LogP contribution is -2.59. The molecule has 2 amide bonds. The molecule has 2 aliphatic rings. The molecule has 5 atom stereocenters. The van der Waals surface area contributed by atoms with Crippen molar-refractivity contribution in [1.82, 2.24) is 19.9 Å². The number of sulfonamides is 1. The van der Waals surface area contributed by atoms with Crippen molar-refractivity contribution in [3.05, 3.63) is 72.1 Å². The van der Waals surface area contributed by atoms with Gasteiger partial charge in [0, 0.05) is 29.9 Å². The number of amides is 2. The molecule has 5 rings (SSSR count). The molecule has 2 heterocycles. The highest BCUT2D eigenvalue weighted by Gasteiger charge is 2.69. The van der Waals surface area contributed by atoms with Crippen molar-refractivity contribution in [3.8, 4) is 6.07 Å². The van der Waals surface area contributed by atoms with Gasteiger partial charge in [-0.05, 0) is 47.1 Å². The van der Waals surface area contributed by atoms with Crippen molar-refractivity contribution in [2.24, 2.45) is 22.7 Å². The van der Waals surface area contributed by atoms with Crippen LogP contribution >= 0.6 is 0 Å². The Kier molecular flexibility index (Phi) is 7.40. The Morgan fingerprint density at radius 1 is 1.10 bits per heavy atom. The van der Waals surface area contributed by atoms with Crippen molar-refractivity contribution in [3.63, 3.8) is 0 Å². The molecule has 9 nitrogen and oxygen atoms in total. The first-order valence-electron chi connectivity index (χ1n) is 14.1. The molecule has 0 spiro atoms. The molecular weight excluding hydrogens is 550 g/mol. The van der Waals surface area contributed by atoms with E-state index in [1.54, 1.807) is 45.3 Å². The topological polar surface area (TPSA) is 132 Å². The summed E-state index contributed by atoms with van der Waals surface area (Å²) in [4.78, 5) is 34.0. The number of piperidine rings is 1. The number of nitrogens with one attached hydrogen (secondary N) is 2. The number of aromatic nitrogens is 1. The van der Waals surface area contributed by atoms with Crippen LogP contribution in [0.2, 0.25) is 0 Å². The van der Waals surface area contributed by atoms with Crippen molar-refractivity contribution < 1.29 is 18.0 Å². The molecule has 2 aromatic carbocycles. The van der Waals surface area contributed by atoms with Gasteiger partial charge in [-0.2, -0.15) is 9.98 Å². The molecule has 1 aliphatic carbocycles. The van der Waals surface area contributed by atoms with Crippen LogP contribution in [0.1, 0.15) is 51.8 Å². The second-order valence-corrected chi connectivity index (χ2v) is 14.9. The maximum absolute atomic E-state index is 14.2. The van der Waals surface area contributed by atoms with E-state index in [-0.39, 0.29) is 22.1 Å². The van der Waals surface area contributed by atoms with E-state index in [0.29, 0.717) is 12.1 Å². The molecule has 1 aliphatic heterocycles. The minimum Gasteiger partial charge on any atom is -0.335 e. The zero-order valence-electron chi connectivity index (χ0n) is 24.8. The van der Waals surface area contributed by atoms with Gasteiger partial charge in [0.15, 0.2) is 0 Å². The summed E-state index contributed by atoms with van der Waals surface area (Å²) in [7, 11) is -4.02. The van der Waals surface area contributed by atoms with Crippen molar-refractivity contribution in [2.75, 3.05) is 6.54 Å². The number of hydrogen-bond acceptors (Lipinski definition) is 6. The quantitative estimate of drug-likeness (QED) is 0.428. The summed E-state index contributed by atoms with van der Waals surface area (Å²) < 4.78 is 29.4. The van der Waals surface area contributed by atoms with E-state index in [1.807, 2.05) is 31.2 Å². The van der Waals surface area contributed by atoms with E-state index in [9.17, 15) is 23.3 Å². The lowest BCUT2D eigenvalue weighted by atomic mass is 9.86. The standard InChI is InChI=1S/C32H37N5O4S/c1-19-11-13-21(14-12-19)42(40,41)36-28(31(2,3)4)30(39)37-18-24-26(32(24,5)6)27(37)29(38)35-25(15-33)23-17-34-16-20-9-7-8-10-22(20)23/h7-14,16-17,24-28,36H,18H2,1-6H3,(H,35,38)/t24-,25?,26-,27-,28+/m0/s1. The maximum atomic E-state index is 14.2. The van der Waals surface area contributed by atoms with Gasteiger partial charge < -0.3 is 10.2 Å². The highest BCUT2D eigenvalue weighted by Crippen LogP contribution is 2.65. The normalized spacial score (nSPS) is 22.6. The largest absolute Gasteiger partial charge is 0.335 e. The number of carbonyl (C=O) groups is 2. The van der Waals surface area contributed by atoms with Crippen LogP contribution in [0.3, 0.4) is 0 Å². The van der Waals surface area contributed by atoms with Crippen LogP contribution in [-0.4, -0.2) is 48.7 Å². The molecule has 0 bridgehead atoms. The Morgan fingerprint density at radius 3 is 2.40 bits per heavy atom. The molecule has 1 unspecified atom stereocenters. The van der Waals surface area contributed by atoms with Crippen molar-refractivity contribution in [1.29, 1.82) is 5.26 Å². The van der Waals surface area contributed by atoms with Crippen LogP contribution in [0, 0.1) is 40.9 Å². The Morgan fingerprint density at radius 2 is 1.76 bits per heavy atom. The molecule has 10 heteroatoms. The third kappa shape index (κ3) is 5.27. The molecule has 1 aromatic heterocycles. The second kappa shape index (κ2) is 10.5. The van der Waals surface area contributed by atoms with E-state index < -0.39 is 45.4 Å². The predicted molar refractivity (Wildman–Crippen MR) is 159 cm³/mol. The number of rotatable bonds is 7. The van der Waals surface area contributed by atoms with Gasteiger partial charge in [-0.25, -0.2) is 8.42 Å². The van der Waals surface area contributed by atoms with E-state index >= 15 is 0 Å². The number of nitrogens with zero attached hydrogens (tertiary/aromatic N) is 3. The summed E-state index contributed by atoms with van der Waals surface area (Å²) in [6.45, 7) is 11.7. The van der Waals surface area contributed by atoms with Crippen LogP contribution < -0.4 is 10.0 Å². The monoisotopic (exact) mass is 587 g/mol. The van der Waals surface area contributed by atoms with Gasteiger partial charge >= 0.3 is 0 Å². The smallest absolute Gasteiger partial charge is 0.244 e. The van der Waals surface area contributed by atoms with Gasteiger partial charge in [0.05, 0.1) is 11.0 Å². The van der Waals surface area contributed by atoms with Gasteiger partial charge in [0.2, 0.25) is 21.8 Å². The first-order chi connectivity index (χ1) is 19.7.